The molecule has 102 valence electrons. The molecule has 0 saturated heterocycles. The van der Waals surface area contributed by atoms with Crippen molar-refractivity contribution < 1.29 is 9.84 Å². The number of aliphatic hydroxyl groups is 1. The van der Waals surface area contributed by atoms with Gasteiger partial charge in [-0.2, -0.15) is 0 Å². The van der Waals surface area contributed by atoms with Gasteiger partial charge in [0.15, 0.2) is 0 Å². The van der Waals surface area contributed by atoms with Crippen LogP contribution in [0.5, 0.6) is 5.75 Å². The molecule has 0 heterocycles. The maximum atomic E-state index is 9.92. The highest BCUT2D eigenvalue weighted by Crippen LogP contribution is 2.25. The lowest BCUT2D eigenvalue weighted by atomic mass is 10.1. The number of benzene rings is 1. The number of ether oxygens (including phenoxy) is 1. The van der Waals surface area contributed by atoms with Crippen molar-refractivity contribution >= 4 is 15.9 Å². The third-order valence-electron chi connectivity index (χ3n) is 2.62. The lowest BCUT2D eigenvalue weighted by Gasteiger charge is -2.14. The van der Waals surface area contributed by atoms with Crippen molar-refractivity contribution in [2.45, 2.75) is 26.4 Å². The van der Waals surface area contributed by atoms with Crippen LogP contribution in [-0.2, 0) is 6.42 Å². The van der Waals surface area contributed by atoms with Gasteiger partial charge in [0.05, 0.1) is 17.7 Å². The van der Waals surface area contributed by atoms with Crippen LogP contribution in [0.1, 0.15) is 19.4 Å². The minimum atomic E-state index is -0.357. The van der Waals surface area contributed by atoms with E-state index in [0.717, 1.165) is 22.3 Å². The van der Waals surface area contributed by atoms with Crippen LogP contribution in [-0.4, -0.2) is 31.4 Å². The molecule has 0 bridgehead atoms. The van der Waals surface area contributed by atoms with Gasteiger partial charge in [-0.15, -0.1) is 0 Å². The molecule has 1 unspecified atom stereocenters. The quantitative estimate of drug-likeness (QED) is 0.812. The van der Waals surface area contributed by atoms with E-state index in [1.54, 1.807) is 7.11 Å². The van der Waals surface area contributed by atoms with E-state index >= 15 is 0 Å². The number of halogens is 1. The SMILES string of the molecule is COc1ccc(CC(O)CNCC(C)C)cc1Br. The molecule has 0 amide bonds. The summed E-state index contributed by atoms with van der Waals surface area (Å²) in [6.45, 7) is 5.87. The number of nitrogens with one attached hydrogen (secondary N) is 1. The topological polar surface area (TPSA) is 41.5 Å². The van der Waals surface area contributed by atoms with Gasteiger partial charge in [0.2, 0.25) is 0 Å². The molecular weight excluding hydrogens is 294 g/mol. The third kappa shape index (κ3) is 5.38. The van der Waals surface area contributed by atoms with Crippen molar-refractivity contribution in [3.8, 4) is 5.75 Å². The van der Waals surface area contributed by atoms with Gasteiger partial charge in [-0.05, 0) is 52.5 Å². The van der Waals surface area contributed by atoms with E-state index in [-0.39, 0.29) is 6.10 Å². The lowest BCUT2D eigenvalue weighted by molar-refractivity contribution is 0.170. The summed E-state index contributed by atoms with van der Waals surface area (Å²) < 4.78 is 6.10. The Bertz CT molecular complexity index is 369. The molecule has 1 atom stereocenters. The molecule has 0 aliphatic heterocycles. The van der Waals surface area contributed by atoms with E-state index in [1.165, 1.54) is 0 Å². The first kappa shape index (κ1) is 15.5. The molecule has 1 rings (SSSR count). The Balaban J connectivity index is 2.44. The zero-order valence-electron chi connectivity index (χ0n) is 11.2. The van der Waals surface area contributed by atoms with E-state index in [1.807, 2.05) is 18.2 Å². The van der Waals surface area contributed by atoms with Crippen molar-refractivity contribution in [1.82, 2.24) is 5.32 Å². The molecule has 1 aromatic rings. The summed E-state index contributed by atoms with van der Waals surface area (Å²) in [5.41, 5.74) is 1.10. The molecule has 3 nitrogen and oxygen atoms in total. The standard InChI is InChI=1S/C14H22BrNO2/c1-10(2)8-16-9-12(17)6-11-4-5-14(18-3)13(15)7-11/h4-5,7,10,12,16-17H,6,8-9H2,1-3H3. The first-order valence-electron chi connectivity index (χ1n) is 6.24. The van der Waals surface area contributed by atoms with Crippen LogP contribution >= 0.6 is 15.9 Å². The van der Waals surface area contributed by atoms with Gasteiger partial charge in [0.25, 0.3) is 0 Å². The zero-order valence-corrected chi connectivity index (χ0v) is 12.8. The molecule has 1 aromatic carbocycles. The molecule has 0 aliphatic rings. The first-order valence-corrected chi connectivity index (χ1v) is 7.03. The fraction of sp³-hybridized carbons (Fsp3) is 0.571. The van der Waals surface area contributed by atoms with Crippen molar-refractivity contribution in [3.05, 3.63) is 28.2 Å². The normalized spacial score (nSPS) is 12.8. The van der Waals surface area contributed by atoms with Crippen molar-refractivity contribution in [1.29, 1.82) is 0 Å². The fourth-order valence-corrected chi connectivity index (χ4v) is 2.31. The maximum Gasteiger partial charge on any atom is 0.133 e. The summed E-state index contributed by atoms with van der Waals surface area (Å²) in [5, 5.41) is 13.2. The second-order valence-corrected chi connectivity index (χ2v) is 5.73. The minimum Gasteiger partial charge on any atom is -0.496 e. The van der Waals surface area contributed by atoms with Gasteiger partial charge < -0.3 is 15.2 Å². The van der Waals surface area contributed by atoms with Crippen LogP contribution in [0.2, 0.25) is 0 Å². The second kappa shape index (κ2) is 7.77. The summed E-state index contributed by atoms with van der Waals surface area (Å²) >= 11 is 3.45. The lowest BCUT2D eigenvalue weighted by Crippen LogP contribution is -2.30. The molecule has 0 radical (unpaired) electrons. The van der Waals surface area contributed by atoms with Gasteiger partial charge >= 0.3 is 0 Å². The maximum absolute atomic E-state index is 9.92. The monoisotopic (exact) mass is 315 g/mol. The average Bonchev–Trinajstić information content (AvgIpc) is 2.28. The molecule has 2 N–H and O–H groups in total. The summed E-state index contributed by atoms with van der Waals surface area (Å²) in [7, 11) is 1.64. The van der Waals surface area contributed by atoms with E-state index in [4.69, 9.17) is 4.74 Å². The van der Waals surface area contributed by atoms with E-state index < -0.39 is 0 Å². The number of aliphatic hydroxyl groups excluding tert-OH is 1. The summed E-state index contributed by atoms with van der Waals surface area (Å²) in [5.74, 6) is 1.42. The predicted octanol–water partition coefficient (Wildman–Crippen LogP) is 2.61. The van der Waals surface area contributed by atoms with Gasteiger partial charge in [-0.1, -0.05) is 19.9 Å². The number of methoxy groups -OCH3 is 1. The highest BCUT2D eigenvalue weighted by atomic mass is 79.9. The van der Waals surface area contributed by atoms with Crippen LogP contribution in [0.3, 0.4) is 0 Å². The summed E-state index contributed by atoms with van der Waals surface area (Å²) in [6, 6.07) is 5.88. The van der Waals surface area contributed by atoms with Gasteiger partial charge in [0.1, 0.15) is 5.75 Å². The molecule has 0 aliphatic carbocycles. The van der Waals surface area contributed by atoms with Crippen molar-refractivity contribution in [2.24, 2.45) is 5.92 Å². The molecule has 18 heavy (non-hydrogen) atoms. The van der Waals surface area contributed by atoms with E-state index in [0.29, 0.717) is 18.9 Å². The molecule has 0 saturated carbocycles. The molecule has 0 fully saturated rings. The number of hydrogen-bond donors (Lipinski definition) is 2. The van der Waals surface area contributed by atoms with Crippen LogP contribution < -0.4 is 10.1 Å². The molecular formula is C14H22BrNO2. The molecule has 0 spiro atoms. The summed E-state index contributed by atoms with van der Waals surface area (Å²) in [4.78, 5) is 0. The van der Waals surface area contributed by atoms with Crippen LogP contribution in [0, 0.1) is 5.92 Å². The van der Waals surface area contributed by atoms with Crippen molar-refractivity contribution in [2.75, 3.05) is 20.2 Å². The Morgan fingerprint density at radius 1 is 1.33 bits per heavy atom. The Morgan fingerprint density at radius 2 is 2.06 bits per heavy atom. The Morgan fingerprint density at radius 3 is 2.61 bits per heavy atom. The smallest absolute Gasteiger partial charge is 0.133 e. The highest BCUT2D eigenvalue weighted by Gasteiger charge is 2.08. The largest absolute Gasteiger partial charge is 0.496 e. The summed E-state index contributed by atoms with van der Waals surface area (Å²) in [6.07, 6.45) is 0.289. The second-order valence-electron chi connectivity index (χ2n) is 4.88. The molecule has 4 heteroatoms. The van der Waals surface area contributed by atoms with Gasteiger partial charge in [-0.3, -0.25) is 0 Å². The Labute approximate surface area is 118 Å². The fourth-order valence-electron chi connectivity index (χ4n) is 1.72. The Hall–Kier alpha value is -0.580. The van der Waals surface area contributed by atoms with Crippen LogP contribution in [0.25, 0.3) is 0 Å². The minimum absolute atomic E-state index is 0.357. The van der Waals surface area contributed by atoms with E-state index in [9.17, 15) is 5.11 Å². The van der Waals surface area contributed by atoms with Gasteiger partial charge in [0, 0.05) is 6.54 Å². The van der Waals surface area contributed by atoms with Gasteiger partial charge in [-0.25, -0.2) is 0 Å². The van der Waals surface area contributed by atoms with E-state index in [2.05, 4.69) is 35.1 Å². The predicted molar refractivity (Wildman–Crippen MR) is 78.1 cm³/mol. The zero-order chi connectivity index (χ0) is 13.5. The highest BCUT2D eigenvalue weighted by molar-refractivity contribution is 9.10. The van der Waals surface area contributed by atoms with Crippen molar-refractivity contribution in [3.63, 3.8) is 0 Å². The first-order chi connectivity index (χ1) is 8.52. The third-order valence-corrected chi connectivity index (χ3v) is 3.24. The molecule has 0 aromatic heterocycles. The van der Waals surface area contributed by atoms with Crippen LogP contribution in [0.4, 0.5) is 0 Å². The number of rotatable bonds is 7. The van der Waals surface area contributed by atoms with Crippen LogP contribution in [0.15, 0.2) is 22.7 Å². The number of hydrogen-bond acceptors (Lipinski definition) is 3. The average molecular weight is 316 g/mol. The Kier molecular flexibility index (Phi) is 6.68.